The molecule has 1 saturated carbocycles. The molecule has 0 unspecified atom stereocenters. The third kappa shape index (κ3) is 5.79. The first-order valence-electron chi connectivity index (χ1n) is 13.0. The highest BCUT2D eigenvalue weighted by Crippen LogP contribution is 2.47. The number of nitro groups is 1. The van der Waals surface area contributed by atoms with Gasteiger partial charge in [-0.25, -0.2) is 0 Å². The van der Waals surface area contributed by atoms with Crippen LogP contribution in [0, 0.1) is 49.6 Å². The van der Waals surface area contributed by atoms with Crippen LogP contribution < -0.4 is 10.6 Å². The standard InChI is InChI=1S/C31H33N3O6/c1-17-9-11-23(19(3)13-17)32-29(36)27-25(35)16-31(5,38)28(26(27)21-7-6-8-22(15-21)34(39)40)30(37)33-24-12-10-18(2)14-20(24)4/h6-15,26-28,38H,16H2,1-5H3,(H,32,36)(H,33,37)/t26-,27+,28-,31-/m1/s1. The van der Waals surface area contributed by atoms with Crippen LogP contribution in [0.1, 0.15) is 47.1 Å². The molecule has 40 heavy (non-hydrogen) atoms. The molecule has 0 bridgehead atoms. The maximum atomic E-state index is 13.9. The molecule has 1 aliphatic rings. The van der Waals surface area contributed by atoms with E-state index in [0.29, 0.717) is 11.4 Å². The van der Waals surface area contributed by atoms with Crippen molar-refractivity contribution in [2.24, 2.45) is 11.8 Å². The number of amides is 2. The molecule has 3 aromatic rings. The first-order valence-corrected chi connectivity index (χ1v) is 13.0. The van der Waals surface area contributed by atoms with Gasteiger partial charge in [0.1, 0.15) is 11.7 Å². The normalized spacial score (nSPS) is 22.4. The van der Waals surface area contributed by atoms with E-state index in [9.17, 15) is 29.6 Å². The number of aliphatic hydroxyl groups is 1. The zero-order chi connectivity index (χ0) is 29.4. The minimum Gasteiger partial charge on any atom is -0.389 e. The van der Waals surface area contributed by atoms with Crippen LogP contribution >= 0.6 is 0 Å². The molecular formula is C31H33N3O6. The number of nitrogens with zero attached hydrogens (tertiary/aromatic N) is 1. The zero-order valence-electron chi connectivity index (χ0n) is 23.1. The summed E-state index contributed by atoms with van der Waals surface area (Å²) in [7, 11) is 0. The molecule has 9 heteroatoms. The van der Waals surface area contributed by atoms with Crippen molar-refractivity contribution < 1.29 is 24.4 Å². The molecule has 1 fully saturated rings. The molecule has 0 heterocycles. The van der Waals surface area contributed by atoms with Crippen LogP contribution in [0.5, 0.6) is 0 Å². The van der Waals surface area contributed by atoms with Gasteiger partial charge >= 0.3 is 0 Å². The maximum absolute atomic E-state index is 13.9. The number of benzene rings is 3. The Hall–Kier alpha value is -4.37. The summed E-state index contributed by atoms with van der Waals surface area (Å²) in [6.07, 6.45) is -0.436. The van der Waals surface area contributed by atoms with Gasteiger partial charge in [0.25, 0.3) is 5.69 Å². The second-order valence-corrected chi connectivity index (χ2v) is 10.9. The molecule has 0 aliphatic heterocycles. The van der Waals surface area contributed by atoms with Gasteiger partial charge in [0.05, 0.1) is 16.4 Å². The van der Waals surface area contributed by atoms with Crippen LogP contribution in [0.3, 0.4) is 0 Å². The van der Waals surface area contributed by atoms with Gasteiger partial charge in [-0.2, -0.15) is 0 Å². The van der Waals surface area contributed by atoms with E-state index >= 15 is 0 Å². The molecule has 9 nitrogen and oxygen atoms in total. The number of ketones is 1. The van der Waals surface area contributed by atoms with E-state index in [2.05, 4.69) is 10.6 Å². The Bertz CT molecular complexity index is 1510. The summed E-state index contributed by atoms with van der Waals surface area (Å²) in [6.45, 7) is 8.90. The second-order valence-electron chi connectivity index (χ2n) is 10.9. The average Bonchev–Trinajstić information content (AvgIpc) is 2.86. The number of Topliss-reactive ketones (excluding diaryl/α,β-unsaturated/α-hetero) is 1. The van der Waals surface area contributed by atoms with E-state index in [1.807, 2.05) is 52.0 Å². The number of carbonyl (C=O) groups is 3. The lowest BCUT2D eigenvalue weighted by Gasteiger charge is -2.44. The van der Waals surface area contributed by atoms with E-state index in [0.717, 1.165) is 22.3 Å². The lowest BCUT2D eigenvalue weighted by Crippen LogP contribution is -2.56. The summed E-state index contributed by atoms with van der Waals surface area (Å²) in [4.78, 5) is 52.2. The summed E-state index contributed by atoms with van der Waals surface area (Å²) < 4.78 is 0. The number of nitro benzene ring substituents is 1. The number of nitrogens with one attached hydrogen (secondary N) is 2. The number of hydrogen-bond acceptors (Lipinski definition) is 6. The van der Waals surface area contributed by atoms with Crippen LogP contribution in [0.4, 0.5) is 17.1 Å². The van der Waals surface area contributed by atoms with Crippen molar-refractivity contribution >= 4 is 34.7 Å². The Morgan fingerprint density at radius 1 is 0.900 bits per heavy atom. The van der Waals surface area contributed by atoms with Crippen molar-refractivity contribution in [1.82, 2.24) is 0 Å². The summed E-state index contributed by atoms with van der Waals surface area (Å²) >= 11 is 0. The van der Waals surface area contributed by atoms with Gasteiger partial charge in [-0.05, 0) is 63.4 Å². The molecule has 208 valence electrons. The topological polar surface area (TPSA) is 139 Å². The highest BCUT2D eigenvalue weighted by atomic mass is 16.6. The van der Waals surface area contributed by atoms with Crippen LogP contribution in [-0.4, -0.2) is 33.2 Å². The van der Waals surface area contributed by atoms with Crippen molar-refractivity contribution in [2.45, 2.75) is 52.6 Å². The fraction of sp³-hybridized carbons (Fsp3) is 0.323. The molecule has 4 atom stereocenters. The van der Waals surface area contributed by atoms with Gasteiger partial charge in [0.2, 0.25) is 11.8 Å². The van der Waals surface area contributed by atoms with E-state index in [-0.39, 0.29) is 11.3 Å². The molecule has 3 aromatic carbocycles. The fourth-order valence-corrected chi connectivity index (χ4v) is 5.67. The fourth-order valence-electron chi connectivity index (χ4n) is 5.67. The highest BCUT2D eigenvalue weighted by Gasteiger charge is 2.56. The predicted octanol–water partition coefficient (Wildman–Crippen LogP) is 5.15. The summed E-state index contributed by atoms with van der Waals surface area (Å²) in [5.74, 6) is -5.62. The quantitative estimate of drug-likeness (QED) is 0.223. The number of rotatable bonds is 6. The zero-order valence-corrected chi connectivity index (χ0v) is 23.1. The minimum absolute atomic E-state index is 0.240. The molecular weight excluding hydrogens is 510 g/mol. The Morgan fingerprint density at radius 3 is 1.98 bits per heavy atom. The van der Waals surface area contributed by atoms with E-state index < -0.39 is 52.3 Å². The Morgan fingerprint density at radius 2 is 1.45 bits per heavy atom. The van der Waals surface area contributed by atoms with E-state index in [1.54, 1.807) is 18.2 Å². The van der Waals surface area contributed by atoms with Gasteiger partial charge in [-0.3, -0.25) is 24.5 Å². The molecule has 1 aliphatic carbocycles. The third-order valence-corrected chi connectivity index (χ3v) is 7.58. The summed E-state index contributed by atoms with van der Waals surface area (Å²) in [6, 6.07) is 16.5. The number of anilines is 2. The SMILES string of the molecule is Cc1ccc(NC(=O)[C@H]2C(=O)C[C@@](C)(O)[C@@H](C(=O)Nc3ccc(C)cc3C)[C@@H]2c2cccc([N+](=O)[O-])c2)c(C)c1. The molecule has 0 radical (unpaired) electrons. The Balaban J connectivity index is 1.82. The minimum atomic E-state index is -1.83. The number of non-ortho nitro benzene ring substituents is 1. The van der Waals surface area contributed by atoms with E-state index in [1.165, 1.54) is 25.1 Å². The predicted molar refractivity (Wildman–Crippen MR) is 152 cm³/mol. The van der Waals surface area contributed by atoms with Gasteiger partial charge in [-0.1, -0.05) is 47.5 Å². The van der Waals surface area contributed by atoms with Crippen molar-refractivity contribution in [3.8, 4) is 0 Å². The van der Waals surface area contributed by atoms with Crippen LogP contribution in [0.15, 0.2) is 60.7 Å². The van der Waals surface area contributed by atoms with Crippen LogP contribution in [-0.2, 0) is 14.4 Å². The first kappa shape index (κ1) is 28.6. The van der Waals surface area contributed by atoms with Crippen molar-refractivity contribution in [1.29, 1.82) is 0 Å². The molecule has 4 rings (SSSR count). The van der Waals surface area contributed by atoms with Crippen LogP contribution in [0.2, 0.25) is 0 Å². The maximum Gasteiger partial charge on any atom is 0.269 e. The lowest BCUT2D eigenvalue weighted by molar-refractivity contribution is -0.385. The summed E-state index contributed by atoms with van der Waals surface area (Å²) in [5, 5.41) is 28.8. The van der Waals surface area contributed by atoms with Gasteiger partial charge < -0.3 is 15.7 Å². The number of aryl methyl sites for hydroxylation is 4. The van der Waals surface area contributed by atoms with Gasteiger partial charge in [0, 0.05) is 35.8 Å². The van der Waals surface area contributed by atoms with E-state index in [4.69, 9.17) is 0 Å². The van der Waals surface area contributed by atoms with Crippen LogP contribution in [0.25, 0.3) is 0 Å². The molecule has 0 aromatic heterocycles. The lowest BCUT2D eigenvalue weighted by atomic mass is 9.61. The second kappa shape index (κ2) is 11.0. The van der Waals surface area contributed by atoms with Crippen molar-refractivity contribution in [3.05, 3.63) is 98.6 Å². The Labute approximate surface area is 232 Å². The largest absolute Gasteiger partial charge is 0.389 e. The molecule has 2 amide bonds. The van der Waals surface area contributed by atoms with Crippen molar-refractivity contribution in [2.75, 3.05) is 10.6 Å². The number of carbonyl (C=O) groups excluding carboxylic acids is 3. The summed E-state index contributed by atoms with van der Waals surface area (Å²) in [5.41, 5.74) is 2.79. The third-order valence-electron chi connectivity index (χ3n) is 7.58. The molecule has 0 spiro atoms. The average molecular weight is 544 g/mol. The van der Waals surface area contributed by atoms with Gasteiger partial charge in [0.15, 0.2) is 0 Å². The monoisotopic (exact) mass is 543 g/mol. The Kier molecular flexibility index (Phi) is 7.88. The van der Waals surface area contributed by atoms with Crippen molar-refractivity contribution in [3.63, 3.8) is 0 Å². The number of hydrogen-bond donors (Lipinski definition) is 3. The smallest absolute Gasteiger partial charge is 0.269 e. The molecule has 0 saturated heterocycles. The molecule has 3 N–H and O–H groups in total. The highest BCUT2D eigenvalue weighted by molar-refractivity contribution is 6.10. The van der Waals surface area contributed by atoms with Gasteiger partial charge in [-0.15, -0.1) is 0 Å². The first-order chi connectivity index (χ1) is 18.8.